The highest BCUT2D eigenvalue weighted by molar-refractivity contribution is 6.13. The number of nitrogens with zero attached hydrogens (tertiary/aromatic N) is 1. The van der Waals surface area contributed by atoms with Gasteiger partial charge in [-0.2, -0.15) is 0 Å². The Hall–Kier alpha value is -6.96. The highest BCUT2D eigenvalue weighted by atomic mass is 15.2. The van der Waals surface area contributed by atoms with Crippen molar-refractivity contribution < 1.29 is 5.48 Å². The highest BCUT2D eigenvalue weighted by Crippen LogP contribution is 2.53. The molecular formula is C57H47N. The van der Waals surface area contributed by atoms with Crippen molar-refractivity contribution in [3.63, 3.8) is 0 Å². The van der Waals surface area contributed by atoms with Gasteiger partial charge in [0.2, 0.25) is 0 Å². The summed E-state index contributed by atoms with van der Waals surface area (Å²) in [5, 5.41) is 3.88. The van der Waals surface area contributed by atoms with E-state index in [-0.39, 0.29) is 41.3 Å². The molecule has 0 saturated heterocycles. The van der Waals surface area contributed by atoms with Crippen molar-refractivity contribution >= 4 is 33.3 Å². The van der Waals surface area contributed by atoms with Crippen molar-refractivity contribution in [3.05, 3.63) is 265 Å². The fraction of sp³-hybridized carbons (Fsp3) is 0.0877. The number of benzene rings is 8. The largest absolute Gasteiger partial charge is 0.338 e. The van der Waals surface area contributed by atoms with Crippen LogP contribution in [-0.2, 0) is 5.41 Å². The summed E-state index contributed by atoms with van der Waals surface area (Å²) in [5.41, 5.74) is 7.72. The molecule has 0 saturated carbocycles. The second-order valence-corrected chi connectivity index (χ2v) is 15.0. The minimum absolute atomic E-state index is 0.113. The predicted molar refractivity (Wildman–Crippen MR) is 248 cm³/mol. The number of anilines is 1. The molecule has 1 heteroatoms. The average Bonchev–Trinajstić information content (AvgIpc) is 3.66. The van der Waals surface area contributed by atoms with Gasteiger partial charge in [-0.25, -0.2) is 0 Å². The Morgan fingerprint density at radius 2 is 1.21 bits per heavy atom. The fourth-order valence-corrected chi connectivity index (χ4v) is 9.20. The molecule has 58 heavy (non-hydrogen) atoms. The van der Waals surface area contributed by atoms with Gasteiger partial charge < -0.3 is 4.90 Å². The molecule has 0 aliphatic heterocycles. The third-order valence-corrected chi connectivity index (χ3v) is 11.8. The third kappa shape index (κ3) is 6.39. The SMILES string of the molecule is [2H]c1c([2H])c(N(C(=C)C(CC=C)c2ccccc2)C(C=C)CC2=Cc3ccccc3C2(c2ccccc2)c2ccccc2)c([2H])c([2H])c1-c1cc2ccccc2c2ccccc12. The van der Waals surface area contributed by atoms with Crippen LogP contribution in [0, 0.1) is 0 Å². The molecule has 8 aromatic carbocycles. The van der Waals surface area contributed by atoms with Gasteiger partial charge in [0.25, 0.3) is 0 Å². The Labute approximate surface area is 348 Å². The Balaban J connectivity index is 1.27. The van der Waals surface area contributed by atoms with Crippen LogP contribution in [0.2, 0.25) is 0 Å². The molecule has 1 aliphatic rings. The minimum atomic E-state index is -0.664. The molecular weight excluding hydrogens is 699 g/mol. The molecule has 280 valence electrons. The summed E-state index contributed by atoms with van der Waals surface area (Å²) in [6.45, 7) is 13.3. The molecule has 0 fully saturated rings. The molecule has 0 spiro atoms. The molecule has 0 bridgehead atoms. The standard InChI is InChI=1S/C57H47N/c1-4-21-51(42-22-9-6-10-23-42)41(3)58(50-36-34-43(35-37-50)55-39-44-24-15-17-30-52(44)53-31-18-19-32-54(53)55)49(5-2)40-48-38-45-25-16-20-33-56(45)57(48,46-26-11-7-12-27-46)47-28-13-8-14-29-47/h4-20,22-39,49,51H,1-3,21,40H2/i34D,35D,36D,37D. The first-order valence-corrected chi connectivity index (χ1v) is 20.0. The van der Waals surface area contributed by atoms with Gasteiger partial charge >= 0.3 is 0 Å². The Bertz CT molecular complexity index is 2960. The number of allylic oxidation sites excluding steroid dienone is 2. The number of rotatable bonds is 13. The van der Waals surface area contributed by atoms with E-state index in [1.807, 2.05) is 89.8 Å². The van der Waals surface area contributed by atoms with Crippen molar-refractivity contribution in [2.75, 3.05) is 4.90 Å². The van der Waals surface area contributed by atoms with E-state index in [1.54, 1.807) is 0 Å². The fourth-order valence-electron chi connectivity index (χ4n) is 9.20. The van der Waals surface area contributed by atoms with Gasteiger partial charge in [0, 0.05) is 17.3 Å². The first-order valence-electron chi connectivity index (χ1n) is 22.0. The lowest BCUT2D eigenvalue weighted by atomic mass is 9.65. The molecule has 1 aliphatic carbocycles. The first kappa shape index (κ1) is 32.2. The normalized spacial score (nSPS) is 14.9. The van der Waals surface area contributed by atoms with E-state index >= 15 is 0 Å². The number of hydrogen-bond acceptors (Lipinski definition) is 1. The van der Waals surface area contributed by atoms with Crippen LogP contribution in [-0.4, -0.2) is 6.04 Å². The number of fused-ring (bicyclic) bond motifs is 4. The molecule has 0 aromatic heterocycles. The summed E-state index contributed by atoms with van der Waals surface area (Å²) in [6, 6.07) is 56.9. The maximum atomic E-state index is 9.93. The van der Waals surface area contributed by atoms with Crippen molar-refractivity contribution in [1.29, 1.82) is 0 Å². The predicted octanol–water partition coefficient (Wildman–Crippen LogP) is 14.7. The molecule has 1 nitrogen and oxygen atoms in total. The van der Waals surface area contributed by atoms with Gasteiger partial charge in [-0.15, -0.1) is 13.2 Å². The van der Waals surface area contributed by atoms with E-state index < -0.39 is 11.5 Å². The molecule has 0 amide bonds. The van der Waals surface area contributed by atoms with E-state index in [2.05, 4.69) is 116 Å². The van der Waals surface area contributed by atoms with Crippen molar-refractivity contribution in [2.24, 2.45) is 0 Å². The summed E-state index contributed by atoms with van der Waals surface area (Å²) in [4.78, 5) is 1.95. The first-order chi connectivity index (χ1) is 30.3. The van der Waals surface area contributed by atoms with E-state index in [4.69, 9.17) is 6.58 Å². The summed E-state index contributed by atoms with van der Waals surface area (Å²) in [7, 11) is 0. The molecule has 9 rings (SSSR count). The third-order valence-electron chi connectivity index (χ3n) is 11.8. The maximum Gasteiger partial charge on any atom is 0.0671 e. The molecule has 8 aromatic rings. The second kappa shape index (κ2) is 15.9. The Morgan fingerprint density at radius 3 is 1.86 bits per heavy atom. The van der Waals surface area contributed by atoms with Crippen molar-refractivity contribution in [1.82, 2.24) is 0 Å². The van der Waals surface area contributed by atoms with Crippen LogP contribution in [0.1, 0.15) is 52.1 Å². The van der Waals surface area contributed by atoms with E-state index in [0.717, 1.165) is 49.4 Å². The van der Waals surface area contributed by atoms with Gasteiger partial charge in [-0.05, 0) is 97.1 Å². The van der Waals surface area contributed by atoms with Gasteiger partial charge in [0.05, 0.1) is 16.9 Å². The number of hydrogen-bond donors (Lipinski definition) is 0. The van der Waals surface area contributed by atoms with Crippen LogP contribution in [0.3, 0.4) is 0 Å². The van der Waals surface area contributed by atoms with Crippen LogP contribution in [0.15, 0.2) is 237 Å². The topological polar surface area (TPSA) is 3.24 Å². The zero-order valence-corrected chi connectivity index (χ0v) is 32.5. The smallest absolute Gasteiger partial charge is 0.0671 e. The Kier molecular flexibility index (Phi) is 8.81. The van der Waals surface area contributed by atoms with Gasteiger partial charge in [0.15, 0.2) is 0 Å². The van der Waals surface area contributed by atoms with Gasteiger partial charge in [0.1, 0.15) is 0 Å². The monoisotopic (exact) mass is 749 g/mol. The van der Waals surface area contributed by atoms with E-state index in [0.29, 0.717) is 24.1 Å². The maximum absolute atomic E-state index is 9.93. The molecule has 0 N–H and O–H groups in total. The summed E-state index contributed by atoms with van der Waals surface area (Å²) >= 11 is 0. The summed E-state index contributed by atoms with van der Waals surface area (Å²) in [5.74, 6) is -0.287. The molecule has 0 heterocycles. The lowest BCUT2D eigenvalue weighted by Gasteiger charge is -2.41. The lowest BCUT2D eigenvalue weighted by Crippen LogP contribution is -2.38. The van der Waals surface area contributed by atoms with Crippen molar-refractivity contribution in [2.45, 2.75) is 30.2 Å². The minimum Gasteiger partial charge on any atom is -0.338 e. The van der Waals surface area contributed by atoms with Gasteiger partial charge in [-0.3, -0.25) is 0 Å². The van der Waals surface area contributed by atoms with Gasteiger partial charge in [-0.1, -0.05) is 201 Å². The summed E-state index contributed by atoms with van der Waals surface area (Å²) in [6.07, 6.45) is 7.02. The van der Waals surface area contributed by atoms with Crippen LogP contribution < -0.4 is 4.90 Å². The van der Waals surface area contributed by atoms with E-state index in [9.17, 15) is 5.48 Å². The average molecular weight is 750 g/mol. The summed E-state index contributed by atoms with van der Waals surface area (Å²) < 4.78 is 39.4. The molecule has 2 atom stereocenters. The van der Waals surface area contributed by atoms with E-state index in [1.165, 1.54) is 5.56 Å². The quantitative estimate of drug-likeness (QED) is 0.0838. The van der Waals surface area contributed by atoms with Crippen LogP contribution in [0.4, 0.5) is 5.69 Å². The highest BCUT2D eigenvalue weighted by Gasteiger charge is 2.45. The lowest BCUT2D eigenvalue weighted by molar-refractivity contribution is 0.629. The van der Waals surface area contributed by atoms with Crippen LogP contribution >= 0.6 is 0 Å². The molecule has 2 unspecified atom stereocenters. The molecule has 0 radical (unpaired) electrons. The second-order valence-electron chi connectivity index (χ2n) is 15.0. The van der Waals surface area contributed by atoms with Crippen molar-refractivity contribution in [3.8, 4) is 11.1 Å². The Morgan fingerprint density at radius 1 is 0.638 bits per heavy atom. The van der Waals surface area contributed by atoms with Crippen LogP contribution in [0.25, 0.3) is 38.7 Å². The van der Waals surface area contributed by atoms with Crippen LogP contribution in [0.5, 0.6) is 0 Å². The zero-order chi connectivity index (χ0) is 43.0. The zero-order valence-electron chi connectivity index (χ0n) is 36.5.